The third kappa shape index (κ3) is 3.56. The Hall–Kier alpha value is -0.420. The maximum Gasteiger partial charge on any atom is 0.222 e. The van der Waals surface area contributed by atoms with Crippen molar-refractivity contribution in [2.75, 3.05) is 20.1 Å². The minimum absolute atomic E-state index is 0. The number of rotatable bonds is 3. The molecule has 16 heavy (non-hydrogen) atoms. The molecule has 1 N–H and O–H groups in total. The predicted molar refractivity (Wildman–Crippen MR) is 67.0 cm³/mol. The van der Waals surface area contributed by atoms with Crippen LogP contribution in [0.4, 0.5) is 0 Å². The lowest BCUT2D eigenvalue weighted by Gasteiger charge is -2.22. The molecule has 0 aliphatic carbocycles. The van der Waals surface area contributed by atoms with Crippen LogP contribution < -0.4 is 5.32 Å². The molecular weight excluding hydrogens is 247 g/mol. The van der Waals surface area contributed by atoms with Gasteiger partial charge in [-0.2, -0.15) is 0 Å². The molecule has 1 aromatic rings. The van der Waals surface area contributed by atoms with Gasteiger partial charge in [-0.15, -0.1) is 12.4 Å². The summed E-state index contributed by atoms with van der Waals surface area (Å²) in [4.78, 5) is 10.3. The largest absolute Gasteiger partial charge is 0.315 e. The quantitative estimate of drug-likeness (QED) is 0.836. The Morgan fingerprint density at radius 3 is 3.06 bits per heavy atom. The molecule has 0 spiro atoms. The summed E-state index contributed by atoms with van der Waals surface area (Å²) >= 11 is 5.73. The molecule has 4 nitrogen and oxygen atoms in total. The van der Waals surface area contributed by atoms with Crippen LogP contribution in [0, 0.1) is 0 Å². The van der Waals surface area contributed by atoms with Crippen molar-refractivity contribution in [3.8, 4) is 0 Å². The van der Waals surface area contributed by atoms with Gasteiger partial charge < -0.3 is 5.32 Å². The second-order valence-electron chi connectivity index (χ2n) is 3.88. The Balaban J connectivity index is 0.00000128. The van der Waals surface area contributed by atoms with Crippen molar-refractivity contribution in [1.29, 1.82) is 0 Å². The summed E-state index contributed by atoms with van der Waals surface area (Å²) in [5.41, 5.74) is 0.976. The van der Waals surface area contributed by atoms with E-state index in [1.165, 1.54) is 6.42 Å². The van der Waals surface area contributed by atoms with Crippen LogP contribution in [-0.4, -0.2) is 41.0 Å². The van der Waals surface area contributed by atoms with Gasteiger partial charge in [0.2, 0.25) is 5.28 Å². The van der Waals surface area contributed by atoms with Gasteiger partial charge in [0.05, 0.1) is 5.69 Å². The summed E-state index contributed by atoms with van der Waals surface area (Å²) in [6.45, 7) is 3.00. The highest BCUT2D eigenvalue weighted by Gasteiger charge is 2.19. The van der Waals surface area contributed by atoms with Gasteiger partial charge in [0.15, 0.2) is 0 Å². The monoisotopic (exact) mass is 262 g/mol. The summed E-state index contributed by atoms with van der Waals surface area (Å²) in [6.07, 6.45) is 2.90. The van der Waals surface area contributed by atoms with Gasteiger partial charge in [0.1, 0.15) is 0 Å². The minimum Gasteiger partial charge on any atom is -0.315 e. The van der Waals surface area contributed by atoms with Crippen molar-refractivity contribution in [3.05, 3.63) is 23.2 Å². The summed E-state index contributed by atoms with van der Waals surface area (Å²) in [5.74, 6) is 0. The average Bonchev–Trinajstić information content (AvgIpc) is 2.70. The lowest BCUT2D eigenvalue weighted by molar-refractivity contribution is 0.246. The molecule has 90 valence electrons. The third-order valence-corrected chi connectivity index (χ3v) is 2.94. The van der Waals surface area contributed by atoms with Crippen LogP contribution >= 0.6 is 24.0 Å². The van der Waals surface area contributed by atoms with Crippen LogP contribution in [0.25, 0.3) is 0 Å². The highest BCUT2D eigenvalue weighted by atomic mass is 35.5. The molecule has 1 fully saturated rings. The minimum atomic E-state index is 0. The Morgan fingerprint density at radius 2 is 2.44 bits per heavy atom. The lowest BCUT2D eigenvalue weighted by atomic mass is 10.2. The highest BCUT2D eigenvalue weighted by molar-refractivity contribution is 6.28. The second kappa shape index (κ2) is 6.35. The van der Waals surface area contributed by atoms with E-state index in [-0.39, 0.29) is 12.4 Å². The van der Waals surface area contributed by atoms with E-state index < -0.39 is 0 Å². The predicted octanol–water partition coefficient (Wildman–Crippen LogP) is 1.35. The molecule has 0 saturated carbocycles. The summed E-state index contributed by atoms with van der Waals surface area (Å²) < 4.78 is 0. The zero-order chi connectivity index (χ0) is 10.7. The van der Waals surface area contributed by atoms with Crippen LogP contribution in [-0.2, 0) is 6.54 Å². The maximum absolute atomic E-state index is 5.73. The molecule has 1 aliphatic heterocycles. The number of hydrogen-bond acceptors (Lipinski definition) is 4. The molecule has 2 rings (SSSR count). The van der Waals surface area contributed by atoms with Gasteiger partial charge in [-0.3, -0.25) is 4.90 Å². The van der Waals surface area contributed by atoms with Crippen molar-refractivity contribution in [1.82, 2.24) is 20.2 Å². The van der Waals surface area contributed by atoms with E-state index in [1.54, 1.807) is 6.20 Å². The first-order valence-corrected chi connectivity index (χ1v) is 5.52. The van der Waals surface area contributed by atoms with E-state index in [0.29, 0.717) is 11.3 Å². The molecule has 0 radical (unpaired) electrons. The van der Waals surface area contributed by atoms with Gasteiger partial charge >= 0.3 is 0 Å². The second-order valence-corrected chi connectivity index (χ2v) is 4.22. The number of halogens is 2. The third-order valence-electron chi connectivity index (χ3n) is 2.75. The topological polar surface area (TPSA) is 41.1 Å². The number of likely N-dealkylation sites (N-methyl/N-ethyl adjacent to an activating group) is 1. The Bertz CT molecular complexity index is 328. The van der Waals surface area contributed by atoms with Gasteiger partial charge in [0.25, 0.3) is 0 Å². The van der Waals surface area contributed by atoms with Gasteiger partial charge in [-0.1, -0.05) is 0 Å². The Kier molecular flexibility index (Phi) is 5.41. The van der Waals surface area contributed by atoms with Gasteiger partial charge in [-0.05, 0) is 37.7 Å². The van der Waals surface area contributed by atoms with Crippen LogP contribution in [0.15, 0.2) is 12.3 Å². The Morgan fingerprint density at radius 1 is 1.62 bits per heavy atom. The number of aromatic nitrogens is 2. The molecule has 1 saturated heterocycles. The molecule has 0 bridgehead atoms. The number of nitrogens with one attached hydrogen (secondary N) is 1. The van der Waals surface area contributed by atoms with Gasteiger partial charge in [-0.25, -0.2) is 9.97 Å². The van der Waals surface area contributed by atoms with Crippen molar-refractivity contribution >= 4 is 24.0 Å². The molecule has 1 aromatic heterocycles. The van der Waals surface area contributed by atoms with Crippen molar-refractivity contribution < 1.29 is 0 Å². The summed E-state index contributed by atoms with van der Waals surface area (Å²) in [6, 6.07) is 2.52. The SMILES string of the molecule is CN(Cc1ccnc(Cl)n1)[C@H]1CCNC1.Cl. The van der Waals surface area contributed by atoms with Crippen LogP contribution in [0.5, 0.6) is 0 Å². The van der Waals surface area contributed by atoms with E-state index in [9.17, 15) is 0 Å². The highest BCUT2D eigenvalue weighted by Crippen LogP contribution is 2.10. The van der Waals surface area contributed by atoms with Gasteiger partial charge in [0, 0.05) is 25.3 Å². The first-order chi connectivity index (χ1) is 7.25. The molecule has 0 unspecified atom stereocenters. The zero-order valence-electron chi connectivity index (χ0n) is 9.19. The molecule has 6 heteroatoms. The molecular formula is C10H16Cl2N4. The first-order valence-electron chi connectivity index (χ1n) is 5.14. The average molecular weight is 263 g/mol. The van der Waals surface area contributed by atoms with Crippen molar-refractivity contribution in [2.24, 2.45) is 0 Å². The molecule has 1 aliphatic rings. The molecule has 0 amide bonds. The summed E-state index contributed by atoms with van der Waals surface area (Å²) in [5, 5.41) is 3.67. The smallest absolute Gasteiger partial charge is 0.222 e. The number of hydrogen-bond donors (Lipinski definition) is 1. The fourth-order valence-corrected chi connectivity index (χ4v) is 2.02. The van der Waals surface area contributed by atoms with E-state index in [0.717, 1.165) is 25.3 Å². The normalized spacial score (nSPS) is 19.8. The fourth-order valence-electron chi connectivity index (χ4n) is 1.86. The fraction of sp³-hybridized carbons (Fsp3) is 0.600. The zero-order valence-corrected chi connectivity index (χ0v) is 10.8. The Labute approximate surface area is 107 Å². The maximum atomic E-state index is 5.73. The molecule has 2 heterocycles. The lowest BCUT2D eigenvalue weighted by Crippen LogP contribution is -2.33. The van der Waals surface area contributed by atoms with Crippen molar-refractivity contribution in [3.63, 3.8) is 0 Å². The van der Waals surface area contributed by atoms with Crippen LogP contribution in [0.1, 0.15) is 12.1 Å². The standard InChI is InChI=1S/C10H15ClN4.ClH/c1-15(9-3-4-12-6-9)7-8-2-5-13-10(11)14-8;/h2,5,9,12H,3-4,6-7H2,1H3;1H/t9-;/m0./s1. The van der Waals surface area contributed by atoms with Crippen LogP contribution in [0.2, 0.25) is 5.28 Å². The van der Waals surface area contributed by atoms with Crippen molar-refractivity contribution in [2.45, 2.75) is 19.0 Å². The number of nitrogens with zero attached hydrogens (tertiary/aromatic N) is 3. The van der Waals surface area contributed by atoms with E-state index in [4.69, 9.17) is 11.6 Å². The van der Waals surface area contributed by atoms with E-state index >= 15 is 0 Å². The van der Waals surface area contributed by atoms with E-state index in [2.05, 4.69) is 27.2 Å². The summed E-state index contributed by atoms with van der Waals surface area (Å²) in [7, 11) is 2.12. The van der Waals surface area contributed by atoms with Crippen LogP contribution in [0.3, 0.4) is 0 Å². The molecule has 0 aromatic carbocycles. The first kappa shape index (κ1) is 13.6. The van der Waals surface area contributed by atoms with E-state index in [1.807, 2.05) is 6.07 Å². The molecule has 1 atom stereocenters.